The molecule has 11 nitrogen and oxygen atoms in total. The summed E-state index contributed by atoms with van der Waals surface area (Å²) < 4.78 is 0. The lowest BCUT2D eigenvalue weighted by atomic mass is 9.82. The average Bonchev–Trinajstić information content (AvgIpc) is 2.99. The van der Waals surface area contributed by atoms with Crippen LogP contribution in [0.2, 0.25) is 5.02 Å². The number of carboxylic acids is 1. The quantitative estimate of drug-likeness (QED) is 0.392. The number of hydrogen-bond acceptors (Lipinski definition) is 7. The largest absolute Gasteiger partial charge is 0.480 e. The Balaban J connectivity index is 1.49. The number of carboxylic acid groups (broad SMARTS) is 1. The Morgan fingerprint density at radius 2 is 1.72 bits per heavy atom. The Kier molecular flexibility index (Phi) is 10.7. The van der Waals surface area contributed by atoms with E-state index in [1.165, 1.54) is 23.5 Å². The fraction of sp³-hybridized carbons (Fsp3) is 0.548. The van der Waals surface area contributed by atoms with Gasteiger partial charge in [-0.1, -0.05) is 63.8 Å². The van der Waals surface area contributed by atoms with Crippen LogP contribution in [0.3, 0.4) is 0 Å². The zero-order chi connectivity index (χ0) is 31.1. The summed E-state index contributed by atoms with van der Waals surface area (Å²) in [6, 6.07) is 4.54. The van der Waals surface area contributed by atoms with Crippen molar-refractivity contribution in [2.45, 2.75) is 77.5 Å². The number of rotatable bonds is 9. The molecule has 1 aliphatic heterocycles. The molecule has 43 heavy (non-hydrogen) atoms. The molecule has 232 valence electrons. The molecule has 2 aromatic rings. The number of piperazine rings is 1. The van der Waals surface area contributed by atoms with E-state index in [0.717, 1.165) is 37.7 Å². The number of aliphatic carboxylic acids is 1. The van der Waals surface area contributed by atoms with E-state index in [-0.39, 0.29) is 24.1 Å². The van der Waals surface area contributed by atoms with Gasteiger partial charge in [0.25, 0.3) is 5.91 Å². The van der Waals surface area contributed by atoms with Crippen LogP contribution in [0.15, 0.2) is 42.9 Å². The number of benzene rings is 1. The Bertz CT molecular complexity index is 1280. The topological polar surface area (TPSA) is 145 Å². The van der Waals surface area contributed by atoms with Crippen LogP contribution in [-0.4, -0.2) is 86.3 Å². The molecule has 0 radical (unpaired) electrons. The Labute approximate surface area is 257 Å². The van der Waals surface area contributed by atoms with Crippen LogP contribution in [0.25, 0.3) is 0 Å². The van der Waals surface area contributed by atoms with Crippen LogP contribution in [0.4, 0.5) is 0 Å². The minimum atomic E-state index is -1.02. The van der Waals surface area contributed by atoms with Gasteiger partial charge < -0.3 is 20.6 Å². The Morgan fingerprint density at radius 3 is 2.33 bits per heavy atom. The highest BCUT2D eigenvalue weighted by Crippen LogP contribution is 2.28. The molecule has 2 fully saturated rings. The lowest BCUT2D eigenvalue weighted by Gasteiger charge is -2.42. The van der Waals surface area contributed by atoms with Crippen molar-refractivity contribution < 1.29 is 24.3 Å². The van der Waals surface area contributed by atoms with Gasteiger partial charge in [0, 0.05) is 43.6 Å². The van der Waals surface area contributed by atoms with Gasteiger partial charge in [-0.05, 0) is 41.9 Å². The third-order valence-electron chi connectivity index (χ3n) is 8.27. The highest BCUT2D eigenvalue weighted by atomic mass is 35.5. The van der Waals surface area contributed by atoms with Crippen molar-refractivity contribution in [1.82, 2.24) is 30.4 Å². The first-order valence-corrected chi connectivity index (χ1v) is 15.2. The van der Waals surface area contributed by atoms with E-state index in [9.17, 15) is 24.3 Å². The van der Waals surface area contributed by atoms with E-state index in [1.807, 2.05) is 37.8 Å². The van der Waals surface area contributed by atoms with E-state index in [1.54, 1.807) is 12.1 Å². The van der Waals surface area contributed by atoms with Crippen LogP contribution in [0.5, 0.6) is 0 Å². The van der Waals surface area contributed by atoms with Gasteiger partial charge in [-0.15, -0.1) is 0 Å². The van der Waals surface area contributed by atoms with E-state index >= 15 is 0 Å². The van der Waals surface area contributed by atoms with Gasteiger partial charge in [-0.3, -0.25) is 29.1 Å². The number of halogens is 1. The second-order valence-electron chi connectivity index (χ2n) is 12.5. The first kappa shape index (κ1) is 32.3. The molecule has 3 N–H and O–H groups in total. The molecule has 1 aliphatic carbocycles. The van der Waals surface area contributed by atoms with E-state index < -0.39 is 41.3 Å². The van der Waals surface area contributed by atoms with Crippen molar-refractivity contribution in [2.75, 3.05) is 19.6 Å². The van der Waals surface area contributed by atoms with Gasteiger partial charge in [0.05, 0.1) is 6.20 Å². The van der Waals surface area contributed by atoms with E-state index in [4.69, 9.17) is 11.6 Å². The molecule has 3 amide bonds. The van der Waals surface area contributed by atoms with Crippen molar-refractivity contribution >= 4 is 35.3 Å². The van der Waals surface area contributed by atoms with Crippen molar-refractivity contribution in [3.05, 3.63) is 59.1 Å². The van der Waals surface area contributed by atoms with Crippen molar-refractivity contribution in [3.8, 4) is 0 Å². The summed E-state index contributed by atoms with van der Waals surface area (Å²) in [5.41, 5.74) is 0.348. The summed E-state index contributed by atoms with van der Waals surface area (Å²) in [6.45, 7) is 6.63. The molecule has 1 saturated carbocycles. The predicted molar refractivity (Wildman–Crippen MR) is 161 cm³/mol. The fourth-order valence-corrected chi connectivity index (χ4v) is 5.95. The molecule has 1 saturated heterocycles. The number of carbonyl (C=O) groups excluding carboxylic acids is 3. The smallest absolute Gasteiger partial charge is 0.322 e. The second kappa shape index (κ2) is 14.3. The fourth-order valence-electron chi connectivity index (χ4n) is 5.83. The third-order valence-corrected chi connectivity index (χ3v) is 8.52. The summed E-state index contributed by atoms with van der Waals surface area (Å²) in [7, 11) is 0. The van der Waals surface area contributed by atoms with Gasteiger partial charge in [-0.2, -0.15) is 0 Å². The number of hydrogen-bond donors (Lipinski definition) is 3. The predicted octanol–water partition coefficient (Wildman–Crippen LogP) is 3.14. The van der Waals surface area contributed by atoms with Crippen LogP contribution >= 0.6 is 11.6 Å². The van der Waals surface area contributed by atoms with Gasteiger partial charge in [0.2, 0.25) is 11.8 Å². The van der Waals surface area contributed by atoms with Crippen molar-refractivity contribution in [2.24, 2.45) is 11.3 Å². The van der Waals surface area contributed by atoms with Crippen LogP contribution in [0, 0.1) is 11.3 Å². The molecule has 0 spiro atoms. The SMILES string of the molecule is CC(C)(C)[C@H](NC(=O)[C@@H](NC(=O)c1cnccn1)C1CCCCC1)C(=O)N1CCN(Cc2ccc(Cl)cc2)[C@@H](C(=O)O)C1. The molecule has 0 bridgehead atoms. The normalized spacial score (nSPS) is 19.7. The molecule has 1 aromatic heterocycles. The number of nitrogens with one attached hydrogen (secondary N) is 2. The summed E-state index contributed by atoms with van der Waals surface area (Å²) in [5.74, 6) is -2.39. The lowest BCUT2D eigenvalue weighted by molar-refractivity contribution is -0.151. The average molecular weight is 613 g/mol. The number of nitrogens with zero attached hydrogens (tertiary/aromatic N) is 4. The number of aromatic nitrogens is 2. The lowest BCUT2D eigenvalue weighted by Crippen LogP contribution is -2.64. The summed E-state index contributed by atoms with van der Waals surface area (Å²) >= 11 is 6.00. The van der Waals surface area contributed by atoms with Crippen LogP contribution in [-0.2, 0) is 20.9 Å². The highest BCUT2D eigenvalue weighted by molar-refractivity contribution is 6.30. The maximum atomic E-state index is 14.0. The summed E-state index contributed by atoms with van der Waals surface area (Å²) in [5, 5.41) is 16.5. The van der Waals surface area contributed by atoms with Crippen LogP contribution in [0.1, 0.15) is 68.9 Å². The standard InChI is InChI=1S/C31H41ClN6O5/c1-31(2,3)26(29(41)38-16-15-37(24(19-38)30(42)43)18-20-9-11-22(32)12-10-20)36-28(40)25(21-7-5-4-6-8-21)35-27(39)23-17-33-13-14-34-23/h9-14,17,21,24-26H,4-8,15-16,18-19H2,1-3H3,(H,35,39)(H,36,40)(H,42,43)/t24-,25+,26-/m1/s1. The maximum absolute atomic E-state index is 14.0. The monoisotopic (exact) mass is 612 g/mol. The molecule has 12 heteroatoms. The van der Waals surface area contributed by atoms with Crippen molar-refractivity contribution in [3.63, 3.8) is 0 Å². The molecular weight excluding hydrogens is 572 g/mol. The second-order valence-corrected chi connectivity index (χ2v) is 12.9. The molecule has 1 aromatic carbocycles. The zero-order valence-corrected chi connectivity index (χ0v) is 25.7. The van der Waals surface area contributed by atoms with Gasteiger partial charge >= 0.3 is 5.97 Å². The first-order chi connectivity index (χ1) is 20.4. The third kappa shape index (κ3) is 8.51. The number of amides is 3. The summed E-state index contributed by atoms with van der Waals surface area (Å²) in [6.07, 6.45) is 8.76. The van der Waals surface area contributed by atoms with Crippen LogP contribution < -0.4 is 10.6 Å². The molecule has 2 heterocycles. The highest BCUT2D eigenvalue weighted by Gasteiger charge is 2.42. The minimum Gasteiger partial charge on any atom is -0.480 e. The van der Waals surface area contributed by atoms with Gasteiger partial charge in [0.15, 0.2) is 0 Å². The number of carbonyl (C=O) groups is 4. The molecule has 4 rings (SSSR count). The Morgan fingerprint density at radius 1 is 1.02 bits per heavy atom. The minimum absolute atomic E-state index is 0.0142. The molecule has 2 aliphatic rings. The van der Waals surface area contributed by atoms with Gasteiger partial charge in [-0.25, -0.2) is 4.98 Å². The van der Waals surface area contributed by atoms with Crippen molar-refractivity contribution in [1.29, 1.82) is 0 Å². The zero-order valence-electron chi connectivity index (χ0n) is 25.0. The molecule has 3 atom stereocenters. The van der Waals surface area contributed by atoms with Gasteiger partial charge in [0.1, 0.15) is 23.8 Å². The first-order valence-electron chi connectivity index (χ1n) is 14.8. The van der Waals surface area contributed by atoms with E-state index in [2.05, 4.69) is 20.6 Å². The summed E-state index contributed by atoms with van der Waals surface area (Å²) in [4.78, 5) is 64.5. The molecule has 0 unspecified atom stereocenters. The molecular formula is C31H41ClN6O5. The Hall–Kier alpha value is -3.57. The van der Waals surface area contributed by atoms with E-state index in [0.29, 0.717) is 24.7 Å². The maximum Gasteiger partial charge on any atom is 0.322 e.